The summed E-state index contributed by atoms with van der Waals surface area (Å²) in [7, 11) is 0. The van der Waals surface area contributed by atoms with Gasteiger partial charge in [-0.1, -0.05) is 0 Å². The van der Waals surface area contributed by atoms with E-state index in [2.05, 4.69) is 5.32 Å². The molecular weight excluding hydrogens is 256 g/mol. The second-order valence-corrected chi connectivity index (χ2v) is 4.92. The highest BCUT2D eigenvalue weighted by atomic mass is 16.5. The molecule has 1 fully saturated rings. The number of carbonyl (C=O) groups is 1. The molecule has 2 atom stereocenters. The van der Waals surface area contributed by atoms with Gasteiger partial charge in [0, 0.05) is 24.4 Å². The minimum atomic E-state index is -0.0807. The number of hydrogen-bond donors (Lipinski definition) is 2. The molecule has 5 heteroatoms. The molecule has 0 spiro atoms. The molecule has 110 valence electrons. The molecule has 1 saturated heterocycles. The average Bonchev–Trinajstić information content (AvgIpc) is 2.87. The van der Waals surface area contributed by atoms with E-state index in [0.29, 0.717) is 19.8 Å². The molecule has 2 rings (SSSR count). The van der Waals surface area contributed by atoms with Crippen LogP contribution < -0.4 is 15.8 Å². The van der Waals surface area contributed by atoms with Crippen molar-refractivity contribution < 1.29 is 14.3 Å². The highest BCUT2D eigenvalue weighted by Gasteiger charge is 2.30. The van der Waals surface area contributed by atoms with Crippen molar-refractivity contribution in [1.82, 2.24) is 0 Å². The lowest BCUT2D eigenvalue weighted by atomic mass is 10.0. The summed E-state index contributed by atoms with van der Waals surface area (Å²) in [5, 5.41) is 2.93. The van der Waals surface area contributed by atoms with E-state index in [1.807, 2.05) is 32.0 Å². The van der Waals surface area contributed by atoms with E-state index in [-0.39, 0.29) is 17.9 Å². The summed E-state index contributed by atoms with van der Waals surface area (Å²) >= 11 is 0. The second kappa shape index (κ2) is 6.72. The Bertz CT molecular complexity index is 476. The van der Waals surface area contributed by atoms with Crippen LogP contribution in [-0.2, 0) is 16.1 Å². The van der Waals surface area contributed by atoms with Crippen LogP contribution in [0.4, 0.5) is 5.69 Å². The van der Waals surface area contributed by atoms with E-state index in [0.717, 1.165) is 23.4 Å². The molecule has 1 aliphatic rings. The normalized spacial score (nSPS) is 21.8. The molecule has 1 aromatic carbocycles. The molecule has 20 heavy (non-hydrogen) atoms. The van der Waals surface area contributed by atoms with Crippen LogP contribution in [0.15, 0.2) is 18.2 Å². The highest BCUT2D eigenvalue weighted by Crippen LogP contribution is 2.25. The summed E-state index contributed by atoms with van der Waals surface area (Å²) in [6, 6.07) is 5.54. The summed E-state index contributed by atoms with van der Waals surface area (Å²) in [4.78, 5) is 12.2. The molecule has 0 aliphatic carbocycles. The fourth-order valence-corrected chi connectivity index (χ4v) is 2.42. The van der Waals surface area contributed by atoms with Crippen molar-refractivity contribution in [2.45, 2.75) is 32.9 Å². The maximum Gasteiger partial charge on any atom is 0.230 e. The quantitative estimate of drug-likeness (QED) is 0.863. The molecule has 0 bridgehead atoms. The number of rotatable bonds is 5. The van der Waals surface area contributed by atoms with Crippen molar-refractivity contribution >= 4 is 11.6 Å². The topological polar surface area (TPSA) is 73.6 Å². The lowest BCUT2D eigenvalue weighted by molar-refractivity contribution is -0.121. The number of ether oxygens (including phenoxy) is 2. The Morgan fingerprint density at radius 2 is 2.35 bits per heavy atom. The maximum absolute atomic E-state index is 12.2. The summed E-state index contributed by atoms with van der Waals surface area (Å²) < 4.78 is 10.9. The third kappa shape index (κ3) is 3.29. The molecule has 0 aromatic heterocycles. The summed E-state index contributed by atoms with van der Waals surface area (Å²) in [5.74, 6) is 0.690. The van der Waals surface area contributed by atoms with Gasteiger partial charge in [-0.15, -0.1) is 0 Å². The van der Waals surface area contributed by atoms with E-state index in [1.165, 1.54) is 0 Å². The average molecular weight is 278 g/mol. The maximum atomic E-state index is 12.2. The first kappa shape index (κ1) is 14.8. The molecule has 1 aliphatic heterocycles. The molecule has 3 N–H and O–H groups in total. The van der Waals surface area contributed by atoms with Gasteiger partial charge < -0.3 is 20.5 Å². The van der Waals surface area contributed by atoms with E-state index >= 15 is 0 Å². The number of hydrogen-bond acceptors (Lipinski definition) is 4. The monoisotopic (exact) mass is 278 g/mol. The van der Waals surface area contributed by atoms with Crippen LogP contribution in [-0.4, -0.2) is 25.2 Å². The van der Waals surface area contributed by atoms with Crippen LogP contribution in [0.1, 0.15) is 25.8 Å². The molecule has 0 radical (unpaired) electrons. The van der Waals surface area contributed by atoms with E-state index < -0.39 is 0 Å². The third-order valence-electron chi connectivity index (χ3n) is 3.56. The Morgan fingerprint density at radius 1 is 1.55 bits per heavy atom. The lowest BCUT2D eigenvalue weighted by Crippen LogP contribution is -2.27. The Kier molecular flexibility index (Phi) is 4.98. The van der Waals surface area contributed by atoms with E-state index in [4.69, 9.17) is 15.2 Å². The number of amides is 1. The predicted octanol–water partition coefficient (Wildman–Crippen LogP) is 1.91. The van der Waals surface area contributed by atoms with Gasteiger partial charge in [-0.3, -0.25) is 4.79 Å². The van der Waals surface area contributed by atoms with Gasteiger partial charge >= 0.3 is 0 Å². The predicted molar refractivity (Wildman–Crippen MR) is 77.7 cm³/mol. The smallest absolute Gasteiger partial charge is 0.230 e. The Balaban J connectivity index is 2.07. The molecule has 5 nitrogen and oxygen atoms in total. The molecule has 1 heterocycles. The standard InChI is InChI=1S/C15H22N2O3/c1-3-19-14-5-4-12(8-11(14)9-16)17-15(18)13-6-7-20-10(13)2/h4-5,8,10,13H,3,6-7,9,16H2,1-2H3,(H,17,18). The SMILES string of the molecule is CCOc1ccc(NC(=O)C2CCOC2C)cc1CN. The zero-order chi connectivity index (χ0) is 14.5. The van der Waals surface area contributed by atoms with Crippen LogP contribution >= 0.6 is 0 Å². The number of benzene rings is 1. The van der Waals surface area contributed by atoms with E-state index in [9.17, 15) is 4.79 Å². The second-order valence-electron chi connectivity index (χ2n) is 4.92. The fraction of sp³-hybridized carbons (Fsp3) is 0.533. The van der Waals surface area contributed by atoms with Gasteiger partial charge in [-0.25, -0.2) is 0 Å². The van der Waals surface area contributed by atoms with Crippen LogP contribution in [0, 0.1) is 5.92 Å². The summed E-state index contributed by atoms with van der Waals surface area (Å²) in [5.41, 5.74) is 7.35. The van der Waals surface area contributed by atoms with Gasteiger partial charge in [0.1, 0.15) is 5.75 Å². The third-order valence-corrected chi connectivity index (χ3v) is 3.56. The first-order valence-electron chi connectivity index (χ1n) is 7.04. The van der Waals surface area contributed by atoms with Crippen molar-refractivity contribution in [3.63, 3.8) is 0 Å². The zero-order valence-electron chi connectivity index (χ0n) is 12.0. The zero-order valence-corrected chi connectivity index (χ0v) is 12.0. The molecular formula is C15H22N2O3. The van der Waals surface area contributed by atoms with Crippen molar-refractivity contribution in [3.8, 4) is 5.75 Å². The largest absolute Gasteiger partial charge is 0.494 e. The molecule has 0 saturated carbocycles. The van der Waals surface area contributed by atoms with Crippen molar-refractivity contribution in [2.24, 2.45) is 11.7 Å². The minimum Gasteiger partial charge on any atom is -0.494 e. The number of carbonyl (C=O) groups excluding carboxylic acids is 1. The first-order valence-corrected chi connectivity index (χ1v) is 7.04. The van der Waals surface area contributed by atoms with Gasteiger partial charge in [0.15, 0.2) is 0 Å². The molecule has 2 unspecified atom stereocenters. The van der Waals surface area contributed by atoms with Crippen molar-refractivity contribution in [2.75, 3.05) is 18.5 Å². The first-order chi connectivity index (χ1) is 9.65. The summed E-state index contributed by atoms with van der Waals surface area (Å²) in [6.45, 7) is 5.48. The van der Waals surface area contributed by atoms with Gasteiger partial charge in [0.2, 0.25) is 5.91 Å². The van der Waals surface area contributed by atoms with Crippen molar-refractivity contribution in [3.05, 3.63) is 23.8 Å². The Morgan fingerprint density at radius 3 is 2.95 bits per heavy atom. The molecule has 1 amide bonds. The van der Waals surface area contributed by atoms with Crippen LogP contribution in [0.2, 0.25) is 0 Å². The van der Waals surface area contributed by atoms with Crippen LogP contribution in [0.5, 0.6) is 5.75 Å². The number of anilines is 1. The van der Waals surface area contributed by atoms with Gasteiger partial charge in [0.05, 0.1) is 18.6 Å². The number of nitrogens with two attached hydrogens (primary N) is 1. The minimum absolute atomic E-state index is 0.00197. The Labute approximate surface area is 119 Å². The van der Waals surface area contributed by atoms with Gasteiger partial charge in [-0.05, 0) is 38.5 Å². The van der Waals surface area contributed by atoms with Crippen LogP contribution in [0.3, 0.4) is 0 Å². The summed E-state index contributed by atoms with van der Waals surface area (Å²) in [6.07, 6.45) is 0.750. The fourth-order valence-electron chi connectivity index (χ4n) is 2.42. The highest BCUT2D eigenvalue weighted by molar-refractivity contribution is 5.93. The number of nitrogens with one attached hydrogen (secondary N) is 1. The lowest BCUT2D eigenvalue weighted by Gasteiger charge is -2.15. The van der Waals surface area contributed by atoms with Crippen molar-refractivity contribution in [1.29, 1.82) is 0 Å². The van der Waals surface area contributed by atoms with Gasteiger partial charge in [0.25, 0.3) is 0 Å². The Hall–Kier alpha value is -1.59. The van der Waals surface area contributed by atoms with Crippen LogP contribution in [0.25, 0.3) is 0 Å². The van der Waals surface area contributed by atoms with E-state index in [1.54, 1.807) is 0 Å². The molecule has 1 aromatic rings. The van der Waals surface area contributed by atoms with Gasteiger partial charge in [-0.2, -0.15) is 0 Å².